The van der Waals surface area contributed by atoms with Crippen LogP contribution < -0.4 is 4.90 Å². The van der Waals surface area contributed by atoms with Crippen LogP contribution in [0.3, 0.4) is 0 Å². The van der Waals surface area contributed by atoms with Gasteiger partial charge in [-0.1, -0.05) is 35.3 Å². The van der Waals surface area contributed by atoms with Crippen molar-refractivity contribution >= 4 is 49.5 Å². The molecule has 0 atom stereocenters. The van der Waals surface area contributed by atoms with Gasteiger partial charge >= 0.3 is 0 Å². The largest absolute Gasteiger partial charge is 0.313 e. The third-order valence-corrected chi connectivity index (χ3v) is 6.22. The number of anilines is 1. The number of nitrogens with zero attached hydrogens (tertiary/aromatic N) is 2. The second kappa shape index (κ2) is 6.44. The molecule has 1 aromatic carbocycles. The SMILES string of the molecule is CC(=O)N(C)c1c(Cl)ccc(C2=[C]c3ncccc3CS2(=O)=O)c1Cl. The summed E-state index contributed by atoms with van der Waals surface area (Å²) in [5.41, 5.74) is 1.53. The molecule has 1 radical (unpaired) electrons. The number of fused-ring (bicyclic) bond motifs is 1. The molecule has 2 aromatic rings. The Hall–Kier alpha value is -1.89. The van der Waals surface area contributed by atoms with Crippen molar-refractivity contribution in [3.8, 4) is 0 Å². The van der Waals surface area contributed by atoms with Crippen LogP contribution >= 0.6 is 23.2 Å². The average Bonchev–Trinajstić information content (AvgIpc) is 2.54. The minimum atomic E-state index is -3.65. The first-order valence-corrected chi connectivity index (χ1v) is 9.66. The lowest BCUT2D eigenvalue weighted by molar-refractivity contribution is -0.116. The number of sulfone groups is 1. The van der Waals surface area contributed by atoms with E-state index in [4.69, 9.17) is 23.2 Å². The molecule has 0 unspecified atom stereocenters. The number of rotatable bonds is 2. The first kappa shape index (κ1) is 17.9. The molecule has 2 heterocycles. The van der Waals surface area contributed by atoms with Crippen molar-refractivity contribution in [2.45, 2.75) is 12.7 Å². The first-order valence-electron chi connectivity index (χ1n) is 7.25. The van der Waals surface area contributed by atoms with Crippen LogP contribution in [0.15, 0.2) is 30.5 Å². The van der Waals surface area contributed by atoms with Gasteiger partial charge < -0.3 is 4.90 Å². The maximum absolute atomic E-state index is 12.7. The number of aromatic nitrogens is 1. The number of benzene rings is 1. The molecule has 0 N–H and O–H groups in total. The molecule has 0 fully saturated rings. The van der Waals surface area contributed by atoms with Crippen molar-refractivity contribution in [3.63, 3.8) is 0 Å². The molecule has 1 aliphatic heterocycles. The van der Waals surface area contributed by atoms with Gasteiger partial charge in [0.1, 0.15) is 0 Å². The van der Waals surface area contributed by atoms with Crippen LogP contribution in [0, 0.1) is 6.08 Å². The maximum atomic E-state index is 12.7. The van der Waals surface area contributed by atoms with E-state index in [0.717, 1.165) is 0 Å². The molecule has 0 saturated heterocycles. The minimum Gasteiger partial charge on any atom is -0.313 e. The lowest BCUT2D eigenvalue weighted by Crippen LogP contribution is -2.24. The summed E-state index contributed by atoms with van der Waals surface area (Å²) in [6, 6.07) is 6.39. The van der Waals surface area contributed by atoms with E-state index in [-0.39, 0.29) is 37.9 Å². The van der Waals surface area contributed by atoms with Crippen LogP contribution in [-0.2, 0) is 20.4 Å². The van der Waals surface area contributed by atoms with Crippen LogP contribution in [0.4, 0.5) is 5.69 Å². The van der Waals surface area contributed by atoms with Gasteiger partial charge in [0.05, 0.1) is 32.1 Å². The van der Waals surface area contributed by atoms with Gasteiger partial charge in [-0.2, -0.15) is 0 Å². The molecule has 25 heavy (non-hydrogen) atoms. The Balaban J connectivity index is 2.25. The van der Waals surface area contributed by atoms with E-state index in [0.29, 0.717) is 11.3 Å². The minimum absolute atomic E-state index is 0.0569. The molecule has 129 valence electrons. The van der Waals surface area contributed by atoms with Crippen LogP contribution in [0.2, 0.25) is 10.0 Å². The Morgan fingerprint density at radius 3 is 2.68 bits per heavy atom. The smallest absolute Gasteiger partial charge is 0.223 e. The highest BCUT2D eigenvalue weighted by Crippen LogP contribution is 2.42. The van der Waals surface area contributed by atoms with Gasteiger partial charge in [-0.15, -0.1) is 0 Å². The number of halogens is 2. The van der Waals surface area contributed by atoms with Crippen molar-refractivity contribution in [1.82, 2.24) is 4.98 Å². The van der Waals surface area contributed by atoms with Crippen molar-refractivity contribution in [2.75, 3.05) is 11.9 Å². The number of carbonyl (C=O) groups is 1. The summed E-state index contributed by atoms with van der Waals surface area (Å²) in [4.78, 5) is 17.1. The van der Waals surface area contributed by atoms with Crippen LogP contribution in [0.5, 0.6) is 0 Å². The van der Waals surface area contributed by atoms with Crippen molar-refractivity contribution in [2.24, 2.45) is 0 Å². The Morgan fingerprint density at radius 1 is 1.28 bits per heavy atom. The molecule has 1 amide bonds. The molecule has 1 aromatic heterocycles. The predicted octanol–water partition coefficient (Wildman–Crippen LogP) is 3.49. The predicted molar refractivity (Wildman–Crippen MR) is 98.2 cm³/mol. The summed E-state index contributed by atoms with van der Waals surface area (Å²) < 4.78 is 25.4. The quantitative estimate of drug-likeness (QED) is 0.780. The summed E-state index contributed by atoms with van der Waals surface area (Å²) in [6.07, 6.45) is 4.42. The van der Waals surface area contributed by atoms with Gasteiger partial charge in [0.25, 0.3) is 0 Å². The van der Waals surface area contributed by atoms with E-state index in [1.165, 1.54) is 31.0 Å². The molecular formula is C17H13Cl2N2O3S. The summed E-state index contributed by atoms with van der Waals surface area (Å²) in [5.74, 6) is -0.465. The molecular weight excluding hydrogens is 383 g/mol. The Labute approximate surface area is 155 Å². The van der Waals surface area contributed by atoms with Gasteiger partial charge in [-0.25, -0.2) is 8.42 Å². The van der Waals surface area contributed by atoms with Gasteiger partial charge in [0, 0.05) is 31.8 Å². The molecule has 0 aliphatic carbocycles. The number of amides is 1. The van der Waals surface area contributed by atoms with E-state index in [1.54, 1.807) is 18.3 Å². The zero-order chi connectivity index (χ0) is 18.4. The highest BCUT2D eigenvalue weighted by Gasteiger charge is 2.30. The Morgan fingerprint density at radius 2 is 2.00 bits per heavy atom. The van der Waals surface area contributed by atoms with Crippen LogP contribution in [0.25, 0.3) is 4.91 Å². The van der Waals surface area contributed by atoms with Gasteiger partial charge in [-0.05, 0) is 17.7 Å². The zero-order valence-corrected chi connectivity index (χ0v) is 15.7. The number of hydrogen-bond acceptors (Lipinski definition) is 4. The Bertz CT molecular complexity index is 1020. The first-order chi connectivity index (χ1) is 11.7. The second-order valence-electron chi connectivity index (χ2n) is 5.56. The van der Waals surface area contributed by atoms with E-state index < -0.39 is 9.84 Å². The van der Waals surface area contributed by atoms with Crippen molar-refractivity contribution in [1.29, 1.82) is 0 Å². The molecule has 5 nitrogen and oxygen atoms in total. The molecule has 0 bridgehead atoms. The molecule has 3 rings (SSSR count). The van der Waals surface area contributed by atoms with Crippen molar-refractivity contribution in [3.05, 3.63) is 63.4 Å². The van der Waals surface area contributed by atoms with Crippen molar-refractivity contribution < 1.29 is 13.2 Å². The summed E-state index contributed by atoms with van der Waals surface area (Å²) in [7, 11) is -2.14. The average molecular weight is 396 g/mol. The highest BCUT2D eigenvalue weighted by atomic mass is 35.5. The topological polar surface area (TPSA) is 67.3 Å². The summed E-state index contributed by atoms with van der Waals surface area (Å²) >= 11 is 12.6. The fourth-order valence-electron chi connectivity index (χ4n) is 2.55. The fraction of sp³-hybridized carbons (Fsp3) is 0.176. The number of carbonyl (C=O) groups excluding carboxylic acids is 1. The maximum Gasteiger partial charge on any atom is 0.223 e. The van der Waals surface area contributed by atoms with E-state index in [9.17, 15) is 13.2 Å². The Kier molecular flexibility index (Phi) is 4.62. The number of pyridine rings is 1. The molecule has 8 heteroatoms. The van der Waals surface area contributed by atoms with E-state index in [2.05, 4.69) is 11.1 Å². The zero-order valence-electron chi connectivity index (χ0n) is 13.4. The lowest BCUT2D eigenvalue weighted by Gasteiger charge is -2.22. The summed E-state index contributed by atoms with van der Waals surface area (Å²) in [5, 5.41) is 0.328. The summed E-state index contributed by atoms with van der Waals surface area (Å²) in [6.45, 7) is 1.36. The third-order valence-electron chi connectivity index (χ3n) is 3.90. The molecule has 0 saturated carbocycles. The normalized spacial score (nSPS) is 15.3. The fourth-order valence-corrected chi connectivity index (χ4v) is 4.86. The van der Waals surface area contributed by atoms with Crippen LogP contribution in [0.1, 0.15) is 23.7 Å². The van der Waals surface area contributed by atoms with Gasteiger partial charge in [-0.3, -0.25) is 9.78 Å². The van der Waals surface area contributed by atoms with Gasteiger partial charge in [0.2, 0.25) is 5.91 Å². The molecule has 0 spiro atoms. The monoisotopic (exact) mass is 395 g/mol. The lowest BCUT2D eigenvalue weighted by atomic mass is 10.1. The highest BCUT2D eigenvalue weighted by molar-refractivity contribution is 7.99. The van der Waals surface area contributed by atoms with Gasteiger partial charge in [0.15, 0.2) is 9.84 Å². The van der Waals surface area contributed by atoms with E-state index >= 15 is 0 Å². The van der Waals surface area contributed by atoms with E-state index in [1.807, 2.05) is 0 Å². The second-order valence-corrected chi connectivity index (χ2v) is 8.27. The standard InChI is InChI=1S/C17H13Cl2N2O3S/c1-10(22)21(2)17-13(18)6-5-12(16(17)19)15-8-14-11(4-3-7-20-14)9-25(15,23)24/h3-7H,9H2,1-2H3. The molecule has 1 aliphatic rings. The number of hydrogen-bond donors (Lipinski definition) is 0. The van der Waals surface area contributed by atoms with Crippen LogP contribution in [-0.4, -0.2) is 26.4 Å². The third kappa shape index (κ3) is 3.17.